The number of methoxy groups -OCH3 is 2. The molecular formula is C20H24N4O3. The predicted molar refractivity (Wildman–Crippen MR) is 105 cm³/mol. The van der Waals surface area contributed by atoms with E-state index in [1.807, 2.05) is 36.4 Å². The molecule has 0 radical (unpaired) electrons. The number of hydrogen-bond acceptors (Lipinski definition) is 4. The highest BCUT2D eigenvalue weighted by Crippen LogP contribution is 2.28. The average Bonchev–Trinajstić information content (AvgIpc) is 3.14. The fourth-order valence-corrected chi connectivity index (χ4v) is 3.07. The number of fused-ring (bicyclic) bond motifs is 1. The van der Waals surface area contributed by atoms with Gasteiger partial charge in [0.15, 0.2) is 17.5 Å². The zero-order valence-corrected chi connectivity index (χ0v) is 15.6. The van der Waals surface area contributed by atoms with E-state index in [1.165, 1.54) is 5.56 Å². The molecule has 0 aliphatic carbocycles. The van der Waals surface area contributed by atoms with E-state index < -0.39 is 0 Å². The van der Waals surface area contributed by atoms with Gasteiger partial charge in [-0.15, -0.1) is 0 Å². The third-order valence-electron chi connectivity index (χ3n) is 4.49. The van der Waals surface area contributed by atoms with Crippen molar-refractivity contribution in [2.75, 3.05) is 32.2 Å². The van der Waals surface area contributed by atoms with E-state index in [2.05, 4.69) is 16.4 Å². The van der Waals surface area contributed by atoms with E-state index in [-0.39, 0.29) is 18.4 Å². The van der Waals surface area contributed by atoms with Gasteiger partial charge in [-0.25, -0.2) is 4.99 Å². The van der Waals surface area contributed by atoms with Gasteiger partial charge in [-0.1, -0.05) is 24.3 Å². The molecule has 0 unspecified atom stereocenters. The SMILES string of the molecule is COc1ccc(CN=C(N)NCC(=O)N2CCc3ccccc32)cc1OC. The van der Waals surface area contributed by atoms with Gasteiger partial charge >= 0.3 is 0 Å². The minimum Gasteiger partial charge on any atom is -0.493 e. The number of aliphatic imine (C=N–C) groups is 1. The lowest BCUT2D eigenvalue weighted by Gasteiger charge is -2.17. The Labute approximate surface area is 158 Å². The summed E-state index contributed by atoms with van der Waals surface area (Å²) >= 11 is 0. The highest BCUT2D eigenvalue weighted by molar-refractivity contribution is 5.98. The Kier molecular flexibility index (Phi) is 5.80. The highest BCUT2D eigenvalue weighted by Gasteiger charge is 2.23. The second-order valence-corrected chi connectivity index (χ2v) is 6.17. The number of nitrogens with two attached hydrogens (primary N) is 1. The predicted octanol–water partition coefficient (Wildman–Crippen LogP) is 1.70. The quantitative estimate of drug-likeness (QED) is 0.598. The molecule has 0 bridgehead atoms. The molecule has 0 saturated carbocycles. The standard InChI is InChI=1S/C20H24N4O3/c1-26-17-8-7-14(11-18(17)27-2)12-22-20(21)23-13-19(25)24-10-9-15-5-3-4-6-16(15)24/h3-8,11H,9-10,12-13H2,1-2H3,(H3,21,22,23). The molecule has 27 heavy (non-hydrogen) atoms. The van der Waals surface area contributed by atoms with E-state index in [1.54, 1.807) is 19.1 Å². The molecule has 3 rings (SSSR count). The van der Waals surface area contributed by atoms with Crippen LogP contribution in [0.1, 0.15) is 11.1 Å². The molecule has 0 spiro atoms. The summed E-state index contributed by atoms with van der Waals surface area (Å²) in [5.41, 5.74) is 9.00. The van der Waals surface area contributed by atoms with Crippen LogP contribution in [-0.2, 0) is 17.8 Å². The largest absolute Gasteiger partial charge is 0.493 e. The Balaban J connectivity index is 1.55. The van der Waals surface area contributed by atoms with Crippen LogP contribution in [0.3, 0.4) is 0 Å². The molecule has 1 amide bonds. The minimum atomic E-state index is -0.0239. The van der Waals surface area contributed by atoms with Crippen LogP contribution >= 0.6 is 0 Å². The van der Waals surface area contributed by atoms with Crippen molar-refractivity contribution >= 4 is 17.6 Å². The molecule has 1 heterocycles. The second kappa shape index (κ2) is 8.44. The number of carbonyl (C=O) groups is 1. The molecule has 1 aliphatic rings. The van der Waals surface area contributed by atoms with Gasteiger partial charge in [0.05, 0.1) is 27.3 Å². The molecule has 0 saturated heterocycles. The molecule has 3 N–H and O–H groups in total. The number of nitrogens with one attached hydrogen (secondary N) is 1. The van der Waals surface area contributed by atoms with E-state index in [4.69, 9.17) is 15.2 Å². The van der Waals surface area contributed by atoms with Gasteiger partial charge in [0.2, 0.25) is 5.91 Å². The summed E-state index contributed by atoms with van der Waals surface area (Å²) in [7, 11) is 3.18. The van der Waals surface area contributed by atoms with E-state index in [0.717, 1.165) is 17.7 Å². The number of ether oxygens (including phenoxy) is 2. The molecule has 1 aliphatic heterocycles. The zero-order chi connectivity index (χ0) is 19.2. The van der Waals surface area contributed by atoms with Crippen molar-refractivity contribution in [3.05, 3.63) is 53.6 Å². The maximum absolute atomic E-state index is 12.5. The number of benzene rings is 2. The molecule has 0 atom stereocenters. The second-order valence-electron chi connectivity index (χ2n) is 6.17. The lowest BCUT2D eigenvalue weighted by atomic mass is 10.2. The summed E-state index contributed by atoms with van der Waals surface area (Å²) in [5, 5.41) is 2.89. The number of hydrogen-bond donors (Lipinski definition) is 2. The van der Waals surface area contributed by atoms with Gasteiger partial charge in [0.25, 0.3) is 0 Å². The van der Waals surface area contributed by atoms with Crippen molar-refractivity contribution < 1.29 is 14.3 Å². The van der Waals surface area contributed by atoms with Crippen molar-refractivity contribution in [1.29, 1.82) is 0 Å². The molecule has 2 aromatic rings. The van der Waals surface area contributed by atoms with Crippen LogP contribution in [0, 0.1) is 0 Å². The van der Waals surface area contributed by atoms with E-state index in [0.29, 0.717) is 24.6 Å². The van der Waals surface area contributed by atoms with Crippen LogP contribution in [0.5, 0.6) is 11.5 Å². The van der Waals surface area contributed by atoms with Crippen LogP contribution < -0.4 is 25.4 Å². The third-order valence-corrected chi connectivity index (χ3v) is 4.49. The smallest absolute Gasteiger partial charge is 0.246 e. The number of rotatable bonds is 6. The van der Waals surface area contributed by atoms with Crippen molar-refractivity contribution in [2.24, 2.45) is 10.7 Å². The first-order valence-electron chi connectivity index (χ1n) is 8.75. The molecule has 2 aromatic carbocycles. The van der Waals surface area contributed by atoms with Crippen LogP contribution in [-0.4, -0.2) is 39.2 Å². The first kappa shape index (κ1) is 18.6. The average molecular weight is 368 g/mol. The monoisotopic (exact) mass is 368 g/mol. The van der Waals surface area contributed by atoms with Gasteiger partial charge in [-0.05, 0) is 35.7 Å². The Morgan fingerprint density at radius 3 is 2.74 bits per heavy atom. The van der Waals surface area contributed by atoms with Crippen LogP contribution in [0.2, 0.25) is 0 Å². The van der Waals surface area contributed by atoms with Gasteiger partial charge in [-0.2, -0.15) is 0 Å². The maximum Gasteiger partial charge on any atom is 0.246 e. The van der Waals surface area contributed by atoms with Gasteiger partial charge < -0.3 is 25.4 Å². The van der Waals surface area contributed by atoms with Crippen LogP contribution in [0.4, 0.5) is 5.69 Å². The highest BCUT2D eigenvalue weighted by atomic mass is 16.5. The van der Waals surface area contributed by atoms with Crippen molar-refractivity contribution in [3.63, 3.8) is 0 Å². The van der Waals surface area contributed by atoms with E-state index >= 15 is 0 Å². The van der Waals surface area contributed by atoms with Gasteiger partial charge in [0.1, 0.15) is 0 Å². The molecular weight excluding hydrogens is 344 g/mol. The maximum atomic E-state index is 12.5. The van der Waals surface area contributed by atoms with E-state index in [9.17, 15) is 4.79 Å². The van der Waals surface area contributed by atoms with Crippen molar-refractivity contribution in [2.45, 2.75) is 13.0 Å². The number of guanidine groups is 1. The first-order chi connectivity index (χ1) is 13.1. The number of para-hydroxylation sites is 1. The summed E-state index contributed by atoms with van der Waals surface area (Å²) in [6, 6.07) is 13.5. The summed E-state index contributed by atoms with van der Waals surface area (Å²) in [4.78, 5) is 18.5. The fraction of sp³-hybridized carbons (Fsp3) is 0.300. The summed E-state index contributed by atoms with van der Waals surface area (Å²) < 4.78 is 10.5. The number of anilines is 1. The lowest BCUT2D eigenvalue weighted by Crippen LogP contribution is -2.42. The molecule has 0 aromatic heterocycles. The van der Waals surface area contributed by atoms with Crippen LogP contribution in [0.15, 0.2) is 47.5 Å². The normalized spacial score (nSPS) is 13.3. The number of carbonyl (C=O) groups excluding carboxylic acids is 1. The fourth-order valence-electron chi connectivity index (χ4n) is 3.07. The molecule has 7 heteroatoms. The molecule has 7 nitrogen and oxygen atoms in total. The number of nitrogens with zero attached hydrogens (tertiary/aromatic N) is 2. The summed E-state index contributed by atoms with van der Waals surface area (Å²) in [6.07, 6.45) is 0.880. The first-order valence-corrected chi connectivity index (χ1v) is 8.75. The Hall–Kier alpha value is -3.22. The topological polar surface area (TPSA) is 89.2 Å². The Bertz CT molecular complexity index is 851. The van der Waals surface area contributed by atoms with Crippen LogP contribution in [0.25, 0.3) is 0 Å². The Morgan fingerprint density at radius 2 is 1.96 bits per heavy atom. The number of amides is 1. The van der Waals surface area contributed by atoms with Gasteiger partial charge in [-0.3, -0.25) is 4.79 Å². The third kappa shape index (κ3) is 4.31. The zero-order valence-electron chi connectivity index (χ0n) is 15.6. The minimum absolute atomic E-state index is 0.0239. The molecule has 142 valence electrons. The van der Waals surface area contributed by atoms with Crippen molar-refractivity contribution in [3.8, 4) is 11.5 Å². The Morgan fingerprint density at radius 1 is 1.19 bits per heavy atom. The summed E-state index contributed by atoms with van der Waals surface area (Å²) in [6.45, 7) is 1.18. The molecule has 0 fully saturated rings. The lowest BCUT2D eigenvalue weighted by molar-refractivity contribution is -0.117. The summed E-state index contributed by atoms with van der Waals surface area (Å²) in [5.74, 6) is 1.50. The van der Waals surface area contributed by atoms with Crippen molar-refractivity contribution in [1.82, 2.24) is 5.32 Å². The van der Waals surface area contributed by atoms with Gasteiger partial charge in [0, 0.05) is 12.2 Å².